The molecule has 1 saturated heterocycles. The number of likely N-dealkylation sites (N-methyl/N-ethyl adjacent to an activating group) is 1. The van der Waals surface area contributed by atoms with Crippen molar-refractivity contribution < 1.29 is 19.4 Å². The van der Waals surface area contributed by atoms with Gasteiger partial charge in [0.2, 0.25) is 0 Å². The minimum absolute atomic E-state index is 0.200. The molecule has 0 atom stereocenters. The molecule has 2 N–H and O–H groups in total. The third-order valence-electron chi connectivity index (χ3n) is 3.90. The number of carboxylic acid groups (broad SMARTS) is 1. The van der Waals surface area contributed by atoms with E-state index in [-0.39, 0.29) is 18.1 Å². The Labute approximate surface area is 155 Å². The summed E-state index contributed by atoms with van der Waals surface area (Å²) in [4.78, 5) is 24.4. The van der Waals surface area contributed by atoms with Crippen molar-refractivity contribution in [2.24, 2.45) is 0 Å². The molecule has 1 amide bonds. The Morgan fingerprint density at radius 3 is 2.54 bits per heavy atom. The fourth-order valence-electron chi connectivity index (χ4n) is 2.41. The van der Waals surface area contributed by atoms with Crippen LogP contribution in [0.4, 0.5) is 0 Å². The van der Waals surface area contributed by atoms with Gasteiger partial charge in [-0.3, -0.25) is 9.69 Å². The summed E-state index contributed by atoms with van der Waals surface area (Å²) in [6, 6.07) is 13.8. The molecule has 132 valence electrons. The molecule has 0 spiro atoms. The molecule has 0 unspecified atom stereocenters. The topological polar surface area (TPSA) is 78.9 Å². The van der Waals surface area contributed by atoms with Crippen LogP contribution < -0.4 is 10.1 Å². The normalized spacial score (nSPS) is 15.3. The molecule has 2 aromatic rings. The number of ether oxygens (including phenoxy) is 1. The number of carbonyl (C=O) groups is 2. The van der Waals surface area contributed by atoms with Crippen molar-refractivity contribution in [1.29, 1.82) is 0 Å². The highest BCUT2D eigenvalue weighted by Gasteiger charge is 2.27. The van der Waals surface area contributed by atoms with E-state index >= 15 is 0 Å². The minimum atomic E-state index is -0.967. The number of amides is 1. The first-order valence-electron chi connectivity index (χ1n) is 7.80. The first-order chi connectivity index (χ1) is 12.5. The Kier molecular flexibility index (Phi) is 4.99. The Morgan fingerprint density at radius 1 is 1.23 bits per heavy atom. The van der Waals surface area contributed by atoms with Gasteiger partial charge in [0.25, 0.3) is 5.91 Å². The second-order valence-corrected chi connectivity index (χ2v) is 6.07. The third kappa shape index (κ3) is 3.73. The number of carbonyl (C=O) groups excluding carboxylic acids is 1. The molecule has 2 aromatic carbocycles. The highest BCUT2D eigenvalue weighted by Crippen LogP contribution is 2.23. The van der Waals surface area contributed by atoms with Gasteiger partial charge in [0.05, 0.1) is 5.56 Å². The van der Waals surface area contributed by atoms with Crippen molar-refractivity contribution in [3.05, 3.63) is 70.9 Å². The lowest BCUT2D eigenvalue weighted by molar-refractivity contribution is -0.121. The van der Waals surface area contributed by atoms with Gasteiger partial charge in [0.15, 0.2) is 5.11 Å². The van der Waals surface area contributed by atoms with E-state index in [0.717, 1.165) is 11.1 Å². The number of benzene rings is 2. The Bertz CT molecular complexity index is 906. The fraction of sp³-hybridized carbons (Fsp3) is 0.105. The van der Waals surface area contributed by atoms with Crippen LogP contribution in [0.15, 0.2) is 54.2 Å². The highest BCUT2D eigenvalue weighted by molar-refractivity contribution is 7.80. The van der Waals surface area contributed by atoms with Gasteiger partial charge < -0.3 is 15.2 Å². The predicted molar refractivity (Wildman–Crippen MR) is 101 cm³/mol. The summed E-state index contributed by atoms with van der Waals surface area (Å²) < 4.78 is 5.85. The number of para-hydroxylation sites is 1. The van der Waals surface area contributed by atoms with Gasteiger partial charge in [-0.2, -0.15) is 0 Å². The number of rotatable bonds is 5. The molecule has 1 aliphatic heterocycles. The van der Waals surface area contributed by atoms with E-state index in [0.29, 0.717) is 16.6 Å². The summed E-state index contributed by atoms with van der Waals surface area (Å²) in [5.74, 6) is -0.558. The maximum atomic E-state index is 12.1. The molecule has 1 heterocycles. The monoisotopic (exact) mass is 368 g/mol. The SMILES string of the molecule is CN1C(=O)/C(=C\c2ccccc2OCc2ccc(C(=O)O)cc2)NC1=S. The largest absolute Gasteiger partial charge is 0.488 e. The summed E-state index contributed by atoms with van der Waals surface area (Å²) in [5.41, 5.74) is 2.20. The summed E-state index contributed by atoms with van der Waals surface area (Å²) in [6.07, 6.45) is 1.70. The van der Waals surface area contributed by atoms with Gasteiger partial charge in [0.1, 0.15) is 18.1 Å². The molecule has 0 aromatic heterocycles. The number of thiocarbonyl (C=S) groups is 1. The minimum Gasteiger partial charge on any atom is -0.488 e. The maximum Gasteiger partial charge on any atom is 0.335 e. The molecule has 1 aliphatic rings. The Morgan fingerprint density at radius 2 is 1.92 bits per heavy atom. The van der Waals surface area contributed by atoms with E-state index < -0.39 is 5.97 Å². The lowest BCUT2D eigenvalue weighted by Crippen LogP contribution is -2.25. The third-order valence-corrected chi connectivity index (χ3v) is 4.27. The van der Waals surface area contributed by atoms with Crippen molar-refractivity contribution in [1.82, 2.24) is 10.2 Å². The Hall–Kier alpha value is -3.19. The second kappa shape index (κ2) is 7.37. The van der Waals surface area contributed by atoms with Crippen LogP contribution in [-0.2, 0) is 11.4 Å². The van der Waals surface area contributed by atoms with Gasteiger partial charge in [-0.05, 0) is 42.1 Å². The van der Waals surface area contributed by atoms with Crippen molar-refractivity contribution in [2.75, 3.05) is 7.05 Å². The van der Waals surface area contributed by atoms with E-state index in [4.69, 9.17) is 22.1 Å². The van der Waals surface area contributed by atoms with Crippen LogP contribution in [0.25, 0.3) is 6.08 Å². The van der Waals surface area contributed by atoms with Crippen LogP contribution in [0.3, 0.4) is 0 Å². The molecule has 6 nitrogen and oxygen atoms in total. The van der Waals surface area contributed by atoms with Crippen molar-refractivity contribution in [3.63, 3.8) is 0 Å². The fourth-order valence-corrected chi connectivity index (χ4v) is 2.61. The number of carboxylic acids is 1. The van der Waals surface area contributed by atoms with Gasteiger partial charge >= 0.3 is 5.97 Å². The van der Waals surface area contributed by atoms with E-state index in [1.165, 1.54) is 17.0 Å². The number of hydrogen-bond donors (Lipinski definition) is 2. The van der Waals surface area contributed by atoms with E-state index in [9.17, 15) is 9.59 Å². The van der Waals surface area contributed by atoms with Gasteiger partial charge in [-0.1, -0.05) is 30.3 Å². The van der Waals surface area contributed by atoms with Crippen LogP contribution in [0.2, 0.25) is 0 Å². The van der Waals surface area contributed by atoms with E-state index in [1.54, 1.807) is 31.3 Å². The van der Waals surface area contributed by atoms with Crippen LogP contribution in [0.1, 0.15) is 21.5 Å². The van der Waals surface area contributed by atoms with Gasteiger partial charge in [-0.25, -0.2) is 4.79 Å². The quantitative estimate of drug-likeness (QED) is 0.624. The molecular formula is C19H16N2O4S. The van der Waals surface area contributed by atoms with Crippen LogP contribution >= 0.6 is 12.2 Å². The smallest absolute Gasteiger partial charge is 0.335 e. The van der Waals surface area contributed by atoms with Gasteiger partial charge in [-0.15, -0.1) is 0 Å². The maximum absolute atomic E-state index is 12.1. The summed E-state index contributed by atoms with van der Waals surface area (Å²) in [7, 11) is 1.61. The predicted octanol–water partition coefficient (Wildman–Crippen LogP) is 2.65. The van der Waals surface area contributed by atoms with Crippen LogP contribution in [0, 0.1) is 0 Å². The first-order valence-corrected chi connectivity index (χ1v) is 8.21. The van der Waals surface area contributed by atoms with Crippen molar-refractivity contribution >= 4 is 35.3 Å². The molecule has 0 saturated carbocycles. The number of aromatic carboxylic acids is 1. The van der Waals surface area contributed by atoms with Gasteiger partial charge in [0, 0.05) is 12.6 Å². The average molecular weight is 368 g/mol. The molecule has 0 aliphatic carbocycles. The number of nitrogens with one attached hydrogen (secondary N) is 1. The molecule has 3 rings (SSSR count). The average Bonchev–Trinajstić information content (AvgIpc) is 2.88. The Balaban J connectivity index is 1.76. The summed E-state index contributed by atoms with van der Waals surface area (Å²) in [6.45, 7) is 0.278. The summed E-state index contributed by atoms with van der Waals surface area (Å²) in [5, 5.41) is 12.2. The number of hydrogen-bond acceptors (Lipinski definition) is 4. The van der Waals surface area contributed by atoms with Crippen molar-refractivity contribution in [3.8, 4) is 5.75 Å². The number of nitrogens with zero attached hydrogens (tertiary/aromatic N) is 1. The molecule has 1 fully saturated rings. The zero-order valence-corrected chi connectivity index (χ0v) is 14.7. The van der Waals surface area contributed by atoms with E-state index in [2.05, 4.69) is 5.32 Å². The molecular weight excluding hydrogens is 352 g/mol. The first kappa shape index (κ1) is 17.6. The lowest BCUT2D eigenvalue weighted by Gasteiger charge is -2.10. The lowest BCUT2D eigenvalue weighted by atomic mass is 10.1. The van der Waals surface area contributed by atoms with E-state index in [1.807, 2.05) is 18.2 Å². The molecule has 7 heteroatoms. The zero-order valence-electron chi connectivity index (χ0n) is 13.9. The molecule has 26 heavy (non-hydrogen) atoms. The standard InChI is InChI=1S/C19H16N2O4S/c1-21-17(22)15(20-19(21)26)10-14-4-2-3-5-16(14)25-11-12-6-8-13(9-7-12)18(23)24/h2-10H,11H2,1H3,(H,20,26)(H,23,24)/b15-10+. The second-order valence-electron chi connectivity index (χ2n) is 5.68. The van der Waals surface area contributed by atoms with Crippen molar-refractivity contribution in [2.45, 2.75) is 6.61 Å². The summed E-state index contributed by atoms with van der Waals surface area (Å²) >= 11 is 5.07. The highest BCUT2D eigenvalue weighted by atomic mass is 32.1. The molecule has 0 bridgehead atoms. The van der Waals surface area contributed by atoms with Crippen LogP contribution in [-0.4, -0.2) is 34.0 Å². The van der Waals surface area contributed by atoms with Crippen LogP contribution in [0.5, 0.6) is 5.75 Å². The molecule has 0 radical (unpaired) electrons. The zero-order chi connectivity index (χ0) is 18.7.